The first-order valence-electron chi connectivity index (χ1n) is 12.3. The molecule has 8 nitrogen and oxygen atoms in total. The Morgan fingerprint density at radius 2 is 1.69 bits per heavy atom. The monoisotopic (exact) mass is 529 g/mol. The van der Waals surface area contributed by atoms with E-state index in [0.717, 1.165) is 28.8 Å². The number of hydrogen-bond acceptors (Lipinski definition) is 7. The zero-order valence-electron chi connectivity index (χ0n) is 20.6. The van der Waals surface area contributed by atoms with E-state index >= 15 is 0 Å². The van der Waals surface area contributed by atoms with Gasteiger partial charge in [0.25, 0.3) is 11.1 Å². The van der Waals surface area contributed by atoms with E-state index in [1.807, 2.05) is 18.2 Å². The first kappa shape index (κ1) is 25.0. The second-order valence-electron chi connectivity index (χ2n) is 9.53. The zero-order chi connectivity index (χ0) is 25.3. The van der Waals surface area contributed by atoms with Crippen LogP contribution >= 0.6 is 11.3 Å². The van der Waals surface area contributed by atoms with E-state index in [4.69, 9.17) is 9.47 Å². The Morgan fingerprint density at radius 1 is 1.00 bits per heavy atom. The fourth-order valence-electron chi connectivity index (χ4n) is 4.71. The van der Waals surface area contributed by atoms with Crippen LogP contribution in [0.1, 0.15) is 43.0 Å². The molecule has 192 valence electrons. The van der Waals surface area contributed by atoms with Gasteiger partial charge in [-0.25, -0.2) is 13.4 Å². The lowest BCUT2D eigenvalue weighted by molar-refractivity contribution is 0.0595. The minimum atomic E-state index is -3.52. The summed E-state index contributed by atoms with van der Waals surface area (Å²) in [5, 5.41) is 0.628. The molecular formula is C26H31N3O5S2. The Morgan fingerprint density at radius 3 is 2.36 bits per heavy atom. The van der Waals surface area contributed by atoms with Crippen LogP contribution in [0.2, 0.25) is 0 Å². The molecule has 5 rings (SSSR count). The van der Waals surface area contributed by atoms with Crippen molar-refractivity contribution in [1.82, 2.24) is 14.2 Å². The van der Waals surface area contributed by atoms with Gasteiger partial charge in [0.15, 0.2) is 0 Å². The van der Waals surface area contributed by atoms with Crippen LogP contribution in [0.3, 0.4) is 0 Å². The lowest BCUT2D eigenvalue weighted by Gasteiger charge is -2.31. The number of nitrogens with zero attached hydrogens (tertiary/aromatic N) is 3. The number of aromatic nitrogens is 1. The fraction of sp³-hybridized carbons (Fsp3) is 0.462. The van der Waals surface area contributed by atoms with Gasteiger partial charge < -0.3 is 14.4 Å². The molecule has 2 aliphatic rings. The van der Waals surface area contributed by atoms with Crippen LogP contribution in [-0.4, -0.2) is 67.9 Å². The number of piperidine rings is 2. The van der Waals surface area contributed by atoms with Gasteiger partial charge >= 0.3 is 0 Å². The van der Waals surface area contributed by atoms with Gasteiger partial charge in [0, 0.05) is 50.7 Å². The SMILES string of the molecule is COc1ccc2sc(OC3CCN(C(=O)c4ccc(S(=O)(=O)N5CCC(C)CC5)cc4)CC3)nc2c1. The molecule has 2 aliphatic heterocycles. The highest BCUT2D eigenvalue weighted by molar-refractivity contribution is 7.89. The van der Waals surface area contributed by atoms with Gasteiger partial charge in [0.1, 0.15) is 11.9 Å². The lowest BCUT2D eigenvalue weighted by Crippen LogP contribution is -2.41. The number of methoxy groups -OCH3 is 1. The van der Waals surface area contributed by atoms with Gasteiger partial charge in [-0.05, 0) is 55.2 Å². The number of hydrogen-bond donors (Lipinski definition) is 0. The van der Waals surface area contributed by atoms with Crippen LogP contribution in [0.15, 0.2) is 47.4 Å². The molecule has 0 atom stereocenters. The highest BCUT2D eigenvalue weighted by atomic mass is 32.2. The minimum absolute atomic E-state index is 0.00344. The van der Waals surface area contributed by atoms with Crippen molar-refractivity contribution in [3.8, 4) is 10.9 Å². The van der Waals surface area contributed by atoms with Crippen LogP contribution in [0.4, 0.5) is 0 Å². The second-order valence-corrected chi connectivity index (χ2v) is 12.5. The summed E-state index contributed by atoms with van der Waals surface area (Å²) < 4.78 is 39.9. The number of sulfonamides is 1. The maximum atomic E-state index is 13.0. The molecule has 3 heterocycles. The summed E-state index contributed by atoms with van der Waals surface area (Å²) in [6.45, 7) is 4.40. The molecule has 0 N–H and O–H groups in total. The molecule has 2 saturated heterocycles. The first-order chi connectivity index (χ1) is 17.3. The molecule has 0 radical (unpaired) electrons. The molecule has 0 aliphatic carbocycles. The standard InChI is InChI=1S/C26H31N3O5S2/c1-18-9-15-29(16-10-18)36(31,32)22-6-3-19(4-7-22)25(30)28-13-11-20(12-14-28)34-26-27-23-17-21(33-2)5-8-24(23)35-26/h3-8,17-18,20H,9-16H2,1-2H3. The normalized spacial score (nSPS) is 18.4. The number of carbonyl (C=O) groups is 1. The fourth-order valence-corrected chi connectivity index (χ4v) is 7.04. The number of thiazole rings is 1. The molecule has 36 heavy (non-hydrogen) atoms. The summed E-state index contributed by atoms with van der Waals surface area (Å²) >= 11 is 1.51. The van der Waals surface area contributed by atoms with E-state index in [9.17, 15) is 13.2 Å². The van der Waals surface area contributed by atoms with Crippen molar-refractivity contribution in [3.05, 3.63) is 48.0 Å². The van der Waals surface area contributed by atoms with E-state index in [0.29, 0.717) is 55.7 Å². The molecule has 1 amide bonds. The largest absolute Gasteiger partial charge is 0.497 e. The maximum Gasteiger partial charge on any atom is 0.274 e. The third-order valence-corrected chi connectivity index (χ3v) is 9.89. The molecule has 0 bridgehead atoms. The quantitative estimate of drug-likeness (QED) is 0.470. The number of benzene rings is 2. The zero-order valence-corrected chi connectivity index (χ0v) is 22.2. The number of ether oxygens (including phenoxy) is 2. The van der Waals surface area contributed by atoms with E-state index in [2.05, 4.69) is 11.9 Å². The molecule has 10 heteroatoms. The number of rotatable bonds is 6. The third-order valence-electron chi connectivity index (χ3n) is 7.05. The van der Waals surface area contributed by atoms with Crippen LogP contribution in [0, 0.1) is 5.92 Å². The summed E-state index contributed by atoms with van der Waals surface area (Å²) in [5.41, 5.74) is 1.35. The Balaban J connectivity index is 1.17. The molecule has 2 fully saturated rings. The van der Waals surface area contributed by atoms with Gasteiger partial charge in [-0.3, -0.25) is 4.79 Å². The van der Waals surface area contributed by atoms with Crippen LogP contribution in [0.5, 0.6) is 10.9 Å². The molecule has 0 spiro atoms. The van der Waals surface area contributed by atoms with Crippen molar-refractivity contribution < 1.29 is 22.7 Å². The Labute approximate surface area is 215 Å². The topological polar surface area (TPSA) is 89.0 Å². The average molecular weight is 530 g/mol. The molecule has 0 saturated carbocycles. The van der Waals surface area contributed by atoms with Gasteiger partial charge in [-0.2, -0.15) is 4.31 Å². The van der Waals surface area contributed by atoms with E-state index in [1.54, 1.807) is 40.6 Å². The van der Waals surface area contributed by atoms with Gasteiger partial charge in [0.2, 0.25) is 10.0 Å². The molecule has 2 aromatic carbocycles. The first-order valence-corrected chi connectivity index (χ1v) is 14.6. The summed E-state index contributed by atoms with van der Waals surface area (Å²) in [5.74, 6) is 1.23. The Kier molecular flexibility index (Phi) is 7.18. The van der Waals surface area contributed by atoms with Gasteiger partial charge in [-0.15, -0.1) is 0 Å². The Hall–Kier alpha value is -2.69. The second kappa shape index (κ2) is 10.4. The molecule has 3 aromatic rings. The number of carbonyl (C=O) groups excluding carboxylic acids is 1. The maximum absolute atomic E-state index is 13.0. The van der Waals surface area contributed by atoms with E-state index < -0.39 is 10.0 Å². The average Bonchev–Trinajstić information content (AvgIpc) is 3.30. The lowest BCUT2D eigenvalue weighted by atomic mass is 10.0. The van der Waals surface area contributed by atoms with Crippen LogP contribution in [0.25, 0.3) is 10.2 Å². The predicted octanol–water partition coefficient (Wildman–Crippen LogP) is 4.41. The van der Waals surface area contributed by atoms with Crippen molar-refractivity contribution in [1.29, 1.82) is 0 Å². The summed E-state index contributed by atoms with van der Waals surface area (Å²) in [6, 6.07) is 12.1. The third kappa shape index (κ3) is 5.21. The van der Waals surface area contributed by atoms with Gasteiger partial charge in [-0.1, -0.05) is 18.3 Å². The molecule has 1 aromatic heterocycles. The van der Waals surface area contributed by atoms with Crippen LogP contribution in [-0.2, 0) is 10.0 Å². The molecular weight excluding hydrogens is 498 g/mol. The Bertz CT molecular complexity index is 1320. The predicted molar refractivity (Wildman–Crippen MR) is 139 cm³/mol. The number of amides is 1. The van der Waals surface area contributed by atoms with Crippen molar-refractivity contribution >= 4 is 37.5 Å². The van der Waals surface area contributed by atoms with Crippen molar-refractivity contribution in [2.75, 3.05) is 33.3 Å². The number of likely N-dealkylation sites (tertiary alicyclic amines) is 1. The van der Waals surface area contributed by atoms with Gasteiger partial charge in [0.05, 0.1) is 22.2 Å². The van der Waals surface area contributed by atoms with Crippen LogP contribution < -0.4 is 9.47 Å². The number of fused-ring (bicyclic) bond motifs is 1. The smallest absolute Gasteiger partial charge is 0.274 e. The van der Waals surface area contributed by atoms with Crippen molar-refractivity contribution in [2.45, 2.75) is 43.6 Å². The van der Waals surface area contributed by atoms with Crippen molar-refractivity contribution in [3.63, 3.8) is 0 Å². The highest BCUT2D eigenvalue weighted by Crippen LogP contribution is 2.32. The van der Waals surface area contributed by atoms with Crippen molar-refractivity contribution in [2.24, 2.45) is 5.92 Å². The summed E-state index contributed by atoms with van der Waals surface area (Å²) in [4.78, 5) is 19.7. The minimum Gasteiger partial charge on any atom is -0.497 e. The molecule has 0 unspecified atom stereocenters. The van der Waals surface area contributed by atoms with E-state index in [1.165, 1.54) is 11.3 Å². The van der Waals surface area contributed by atoms with E-state index in [-0.39, 0.29) is 16.9 Å². The summed E-state index contributed by atoms with van der Waals surface area (Å²) in [7, 11) is -1.89. The highest BCUT2D eigenvalue weighted by Gasteiger charge is 2.29. The summed E-state index contributed by atoms with van der Waals surface area (Å²) in [6.07, 6.45) is 3.18.